The predicted molar refractivity (Wildman–Crippen MR) is 54.7 cm³/mol. The van der Waals surface area contributed by atoms with Crippen molar-refractivity contribution < 1.29 is 5.11 Å². The van der Waals surface area contributed by atoms with E-state index in [0.29, 0.717) is 13.1 Å². The van der Waals surface area contributed by atoms with Crippen molar-refractivity contribution in [2.45, 2.75) is 13.0 Å². The van der Waals surface area contributed by atoms with E-state index in [1.54, 1.807) is 0 Å². The van der Waals surface area contributed by atoms with Crippen LogP contribution >= 0.6 is 0 Å². The highest BCUT2D eigenvalue weighted by molar-refractivity contribution is 5.44. The topological polar surface area (TPSA) is 58.3 Å². The number of rotatable bonds is 4. The van der Waals surface area contributed by atoms with E-state index in [1.807, 2.05) is 31.2 Å². The zero-order valence-electron chi connectivity index (χ0n) is 7.83. The predicted octanol–water partition coefficient (Wildman–Crippen LogP) is 0.727. The lowest BCUT2D eigenvalue weighted by atomic mass is 10.2. The molecule has 0 aliphatic heterocycles. The molecular weight excluding hydrogens is 164 g/mol. The van der Waals surface area contributed by atoms with Crippen LogP contribution < -0.4 is 11.1 Å². The Balaban J connectivity index is 2.41. The molecule has 0 fully saturated rings. The van der Waals surface area contributed by atoms with Crippen LogP contribution in [0.4, 0.5) is 5.69 Å². The number of hydrogen-bond donors (Lipinski definition) is 3. The summed E-state index contributed by atoms with van der Waals surface area (Å²) in [5.74, 6) is 0. The first kappa shape index (κ1) is 10.0. The number of anilines is 1. The van der Waals surface area contributed by atoms with Crippen LogP contribution in [0.5, 0.6) is 0 Å². The molecule has 1 atom stereocenters. The summed E-state index contributed by atoms with van der Waals surface area (Å²) in [5, 5.41) is 12.3. The van der Waals surface area contributed by atoms with Crippen LogP contribution in [0.25, 0.3) is 0 Å². The van der Waals surface area contributed by atoms with Gasteiger partial charge in [0, 0.05) is 18.8 Å². The normalized spacial score (nSPS) is 12.5. The summed E-state index contributed by atoms with van der Waals surface area (Å²) in [7, 11) is 0. The fourth-order valence-corrected chi connectivity index (χ4v) is 0.990. The van der Waals surface area contributed by atoms with Crippen LogP contribution in [0, 0.1) is 6.92 Å². The van der Waals surface area contributed by atoms with Gasteiger partial charge in [0.2, 0.25) is 0 Å². The second-order valence-corrected chi connectivity index (χ2v) is 3.14. The summed E-state index contributed by atoms with van der Waals surface area (Å²) in [6.07, 6.45) is -0.471. The van der Waals surface area contributed by atoms with Gasteiger partial charge in [-0.1, -0.05) is 17.7 Å². The molecule has 0 amide bonds. The Morgan fingerprint density at radius 3 is 2.54 bits per heavy atom. The summed E-state index contributed by atoms with van der Waals surface area (Å²) in [6.45, 7) is 2.83. The van der Waals surface area contributed by atoms with Crippen molar-refractivity contribution in [3.8, 4) is 0 Å². The molecule has 0 radical (unpaired) electrons. The van der Waals surface area contributed by atoms with Gasteiger partial charge in [-0.2, -0.15) is 0 Å². The average molecular weight is 180 g/mol. The molecule has 0 unspecified atom stereocenters. The lowest BCUT2D eigenvalue weighted by Crippen LogP contribution is -2.27. The van der Waals surface area contributed by atoms with Gasteiger partial charge in [0.25, 0.3) is 0 Å². The Kier molecular flexibility index (Phi) is 3.73. The number of hydrogen-bond acceptors (Lipinski definition) is 3. The van der Waals surface area contributed by atoms with E-state index in [0.717, 1.165) is 5.69 Å². The van der Waals surface area contributed by atoms with Gasteiger partial charge in [0.15, 0.2) is 0 Å². The number of nitrogens with two attached hydrogens (primary N) is 1. The first-order chi connectivity index (χ1) is 6.22. The minimum atomic E-state index is -0.471. The summed E-state index contributed by atoms with van der Waals surface area (Å²) in [4.78, 5) is 0. The Bertz CT molecular complexity index is 246. The molecular formula is C10H16N2O. The highest BCUT2D eigenvalue weighted by Gasteiger charge is 1.99. The van der Waals surface area contributed by atoms with E-state index in [4.69, 9.17) is 5.73 Å². The molecule has 1 rings (SSSR count). The number of aliphatic hydroxyl groups is 1. The third-order valence-corrected chi connectivity index (χ3v) is 1.87. The maximum atomic E-state index is 9.19. The maximum Gasteiger partial charge on any atom is 0.0834 e. The highest BCUT2D eigenvalue weighted by atomic mass is 16.3. The maximum absolute atomic E-state index is 9.19. The van der Waals surface area contributed by atoms with E-state index in [1.165, 1.54) is 5.56 Å². The quantitative estimate of drug-likeness (QED) is 0.640. The Hall–Kier alpha value is -1.06. The number of aryl methyl sites for hydroxylation is 1. The SMILES string of the molecule is Cc1ccc(NC[C@@H](O)CN)cc1. The number of aliphatic hydroxyl groups excluding tert-OH is 1. The van der Waals surface area contributed by atoms with Crippen molar-refractivity contribution in [3.05, 3.63) is 29.8 Å². The third-order valence-electron chi connectivity index (χ3n) is 1.87. The van der Waals surface area contributed by atoms with Crippen LogP contribution in [0.1, 0.15) is 5.56 Å². The van der Waals surface area contributed by atoms with Gasteiger partial charge in [0.1, 0.15) is 0 Å². The van der Waals surface area contributed by atoms with Crippen molar-refractivity contribution in [2.24, 2.45) is 5.73 Å². The van der Waals surface area contributed by atoms with E-state index < -0.39 is 6.10 Å². The molecule has 0 spiro atoms. The molecule has 0 saturated heterocycles. The second kappa shape index (κ2) is 4.84. The van der Waals surface area contributed by atoms with Crippen LogP contribution in [0.15, 0.2) is 24.3 Å². The lowest BCUT2D eigenvalue weighted by Gasteiger charge is -2.10. The van der Waals surface area contributed by atoms with Crippen molar-refractivity contribution in [1.82, 2.24) is 0 Å². The van der Waals surface area contributed by atoms with Gasteiger partial charge in [-0.15, -0.1) is 0 Å². The molecule has 1 aromatic rings. The molecule has 0 aliphatic rings. The minimum absolute atomic E-state index is 0.291. The number of benzene rings is 1. The largest absolute Gasteiger partial charge is 0.390 e. The molecule has 4 N–H and O–H groups in total. The van der Waals surface area contributed by atoms with E-state index in [9.17, 15) is 5.11 Å². The minimum Gasteiger partial charge on any atom is -0.390 e. The van der Waals surface area contributed by atoms with Crippen LogP contribution in [0.2, 0.25) is 0 Å². The number of nitrogens with one attached hydrogen (secondary N) is 1. The molecule has 3 nitrogen and oxygen atoms in total. The molecule has 3 heteroatoms. The first-order valence-electron chi connectivity index (χ1n) is 4.41. The summed E-state index contributed by atoms with van der Waals surface area (Å²) in [5.41, 5.74) is 7.51. The fourth-order valence-electron chi connectivity index (χ4n) is 0.990. The summed E-state index contributed by atoms with van der Waals surface area (Å²) >= 11 is 0. The Morgan fingerprint density at radius 2 is 2.00 bits per heavy atom. The van der Waals surface area contributed by atoms with E-state index in [-0.39, 0.29) is 0 Å². The zero-order valence-corrected chi connectivity index (χ0v) is 7.83. The molecule has 72 valence electrons. The molecule has 0 aliphatic carbocycles. The third kappa shape index (κ3) is 3.44. The lowest BCUT2D eigenvalue weighted by molar-refractivity contribution is 0.196. The second-order valence-electron chi connectivity index (χ2n) is 3.14. The van der Waals surface area contributed by atoms with Crippen molar-refractivity contribution in [3.63, 3.8) is 0 Å². The molecule has 13 heavy (non-hydrogen) atoms. The van der Waals surface area contributed by atoms with Crippen LogP contribution in [-0.2, 0) is 0 Å². The summed E-state index contributed by atoms with van der Waals surface area (Å²) < 4.78 is 0. The van der Waals surface area contributed by atoms with Gasteiger partial charge < -0.3 is 16.2 Å². The Morgan fingerprint density at radius 1 is 1.38 bits per heavy atom. The van der Waals surface area contributed by atoms with Gasteiger partial charge in [-0.25, -0.2) is 0 Å². The average Bonchev–Trinajstić information content (AvgIpc) is 2.16. The molecule has 1 aromatic carbocycles. The standard InChI is InChI=1S/C10H16N2O/c1-8-2-4-9(5-3-8)12-7-10(13)6-11/h2-5,10,12-13H,6-7,11H2,1H3/t10-/m0/s1. The van der Waals surface area contributed by atoms with Crippen LogP contribution in [-0.4, -0.2) is 24.3 Å². The smallest absolute Gasteiger partial charge is 0.0834 e. The van der Waals surface area contributed by atoms with E-state index >= 15 is 0 Å². The van der Waals surface area contributed by atoms with Crippen LogP contribution in [0.3, 0.4) is 0 Å². The van der Waals surface area contributed by atoms with Crippen molar-refractivity contribution in [2.75, 3.05) is 18.4 Å². The first-order valence-corrected chi connectivity index (χ1v) is 4.41. The van der Waals surface area contributed by atoms with Crippen molar-refractivity contribution in [1.29, 1.82) is 0 Å². The summed E-state index contributed by atoms with van der Waals surface area (Å²) in [6, 6.07) is 8.02. The highest BCUT2D eigenvalue weighted by Crippen LogP contribution is 2.07. The fraction of sp³-hybridized carbons (Fsp3) is 0.400. The molecule has 0 aromatic heterocycles. The van der Waals surface area contributed by atoms with Gasteiger partial charge in [-0.05, 0) is 19.1 Å². The Labute approximate surface area is 78.6 Å². The van der Waals surface area contributed by atoms with Gasteiger partial charge >= 0.3 is 0 Å². The molecule has 0 heterocycles. The zero-order chi connectivity index (χ0) is 9.68. The molecule has 0 bridgehead atoms. The van der Waals surface area contributed by atoms with E-state index in [2.05, 4.69) is 5.32 Å². The molecule has 0 saturated carbocycles. The van der Waals surface area contributed by atoms with Gasteiger partial charge in [-0.3, -0.25) is 0 Å². The van der Waals surface area contributed by atoms with Gasteiger partial charge in [0.05, 0.1) is 6.10 Å². The van der Waals surface area contributed by atoms with Crippen molar-refractivity contribution >= 4 is 5.69 Å². The monoisotopic (exact) mass is 180 g/mol.